The molecule has 0 radical (unpaired) electrons. The topological polar surface area (TPSA) is 38.5 Å². The summed E-state index contributed by atoms with van der Waals surface area (Å²) in [7, 11) is 0. The number of nitrogens with zero attached hydrogens (tertiary/aromatic N) is 1. The first-order valence-electron chi connectivity index (χ1n) is 6.14. The maximum Gasteiger partial charge on any atom is 0.123 e. The van der Waals surface area contributed by atoms with Crippen molar-refractivity contribution in [2.24, 2.45) is 5.73 Å². The van der Waals surface area contributed by atoms with Gasteiger partial charge in [-0.2, -0.15) is 0 Å². The van der Waals surface area contributed by atoms with Crippen LogP contribution in [0.1, 0.15) is 12.0 Å². The number of fused-ring (bicyclic) bond motifs is 1. The molecule has 3 nitrogen and oxygen atoms in total. The molecule has 0 bridgehead atoms. The molecule has 1 unspecified atom stereocenters. The molecular formula is C13H17ClN2O. The molecule has 1 fully saturated rings. The van der Waals surface area contributed by atoms with Crippen molar-refractivity contribution in [3.8, 4) is 5.75 Å². The van der Waals surface area contributed by atoms with E-state index in [0.717, 1.165) is 43.2 Å². The summed E-state index contributed by atoms with van der Waals surface area (Å²) in [6.07, 6.45) is 2.32. The number of rotatable bonds is 2. The van der Waals surface area contributed by atoms with Gasteiger partial charge in [0, 0.05) is 30.6 Å². The van der Waals surface area contributed by atoms with Gasteiger partial charge in [-0.15, -0.1) is 0 Å². The molecule has 92 valence electrons. The predicted molar refractivity (Wildman–Crippen MR) is 68.6 cm³/mol. The molecule has 2 atom stereocenters. The van der Waals surface area contributed by atoms with Crippen LogP contribution in [0.3, 0.4) is 0 Å². The Morgan fingerprint density at radius 2 is 2.35 bits per heavy atom. The van der Waals surface area contributed by atoms with Gasteiger partial charge < -0.3 is 10.5 Å². The Bertz CT molecular complexity index is 424. The van der Waals surface area contributed by atoms with Crippen molar-refractivity contribution in [1.82, 2.24) is 4.90 Å². The molecule has 2 N–H and O–H groups in total. The maximum absolute atomic E-state index is 5.98. The van der Waals surface area contributed by atoms with E-state index < -0.39 is 0 Å². The van der Waals surface area contributed by atoms with Gasteiger partial charge in [0.15, 0.2) is 0 Å². The van der Waals surface area contributed by atoms with Gasteiger partial charge in [0.25, 0.3) is 0 Å². The Hall–Kier alpha value is -0.770. The van der Waals surface area contributed by atoms with Crippen molar-refractivity contribution in [2.75, 3.05) is 19.6 Å². The third-order valence-corrected chi connectivity index (χ3v) is 3.77. The van der Waals surface area contributed by atoms with Crippen LogP contribution in [0.5, 0.6) is 5.75 Å². The van der Waals surface area contributed by atoms with Crippen molar-refractivity contribution < 1.29 is 4.74 Å². The van der Waals surface area contributed by atoms with Crippen LogP contribution in [0, 0.1) is 0 Å². The van der Waals surface area contributed by atoms with Crippen LogP contribution in [-0.4, -0.2) is 36.7 Å². The summed E-state index contributed by atoms with van der Waals surface area (Å²) < 4.78 is 5.92. The summed E-state index contributed by atoms with van der Waals surface area (Å²) in [5.74, 6) is 0.989. The van der Waals surface area contributed by atoms with E-state index in [4.69, 9.17) is 22.1 Å². The number of hydrogen-bond acceptors (Lipinski definition) is 3. The van der Waals surface area contributed by atoms with Crippen LogP contribution in [0.25, 0.3) is 0 Å². The Labute approximate surface area is 106 Å². The van der Waals surface area contributed by atoms with Gasteiger partial charge in [0.2, 0.25) is 0 Å². The summed E-state index contributed by atoms with van der Waals surface area (Å²) in [6.45, 7) is 3.06. The van der Waals surface area contributed by atoms with E-state index in [1.165, 1.54) is 5.56 Å². The molecule has 2 aliphatic heterocycles. The molecule has 17 heavy (non-hydrogen) atoms. The lowest BCUT2D eigenvalue weighted by atomic mass is 10.1. The highest BCUT2D eigenvalue weighted by Gasteiger charge is 2.27. The minimum Gasteiger partial charge on any atom is -0.488 e. The third-order valence-electron chi connectivity index (χ3n) is 3.53. The number of hydrogen-bond donors (Lipinski definition) is 1. The Morgan fingerprint density at radius 3 is 3.12 bits per heavy atom. The van der Waals surface area contributed by atoms with Gasteiger partial charge in [-0.05, 0) is 36.7 Å². The zero-order valence-corrected chi connectivity index (χ0v) is 10.5. The molecular weight excluding hydrogens is 236 g/mol. The zero-order valence-electron chi connectivity index (χ0n) is 9.73. The van der Waals surface area contributed by atoms with Gasteiger partial charge in [0.1, 0.15) is 11.9 Å². The molecule has 0 aliphatic carbocycles. The molecule has 2 heterocycles. The quantitative estimate of drug-likeness (QED) is 0.870. The highest BCUT2D eigenvalue weighted by molar-refractivity contribution is 6.30. The number of benzene rings is 1. The van der Waals surface area contributed by atoms with Crippen molar-refractivity contribution in [3.05, 3.63) is 28.8 Å². The molecule has 1 aromatic carbocycles. The van der Waals surface area contributed by atoms with Gasteiger partial charge in [-0.25, -0.2) is 0 Å². The smallest absolute Gasteiger partial charge is 0.123 e. The highest BCUT2D eigenvalue weighted by Crippen LogP contribution is 2.31. The second-order valence-electron chi connectivity index (χ2n) is 5.00. The van der Waals surface area contributed by atoms with E-state index in [9.17, 15) is 0 Å². The number of nitrogens with two attached hydrogens (primary N) is 1. The minimum absolute atomic E-state index is 0.258. The fourth-order valence-electron chi connectivity index (χ4n) is 2.71. The van der Waals surface area contributed by atoms with Crippen LogP contribution >= 0.6 is 11.6 Å². The van der Waals surface area contributed by atoms with E-state index >= 15 is 0 Å². The van der Waals surface area contributed by atoms with Crippen molar-refractivity contribution in [1.29, 1.82) is 0 Å². The van der Waals surface area contributed by atoms with E-state index in [0.29, 0.717) is 6.04 Å². The van der Waals surface area contributed by atoms with Gasteiger partial charge in [-0.3, -0.25) is 4.90 Å². The fourth-order valence-corrected chi connectivity index (χ4v) is 2.90. The lowest BCUT2D eigenvalue weighted by Gasteiger charge is -2.19. The van der Waals surface area contributed by atoms with Crippen LogP contribution in [-0.2, 0) is 6.42 Å². The van der Waals surface area contributed by atoms with Gasteiger partial charge >= 0.3 is 0 Å². The molecule has 1 saturated heterocycles. The lowest BCUT2D eigenvalue weighted by Crippen LogP contribution is -2.35. The molecule has 4 heteroatoms. The van der Waals surface area contributed by atoms with E-state index in [1.807, 2.05) is 18.2 Å². The largest absolute Gasteiger partial charge is 0.488 e. The summed E-state index contributed by atoms with van der Waals surface area (Å²) in [5.41, 5.74) is 7.13. The lowest BCUT2D eigenvalue weighted by molar-refractivity contribution is 0.167. The summed E-state index contributed by atoms with van der Waals surface area (Å²) in [5, 5.41) is 0.788. The first-order chi connectivity index (χ1) is 8.20. The van der Waals surface area contributed by atoms with Crippen molar-refractivity contribution in [3.63, 3.8) is 0 Å². The Balaban J connectivity index is 1.62. The second-order valence-corrected chi connectivity index (χ2v) is 5.44. The van der Waals surface area contributed by atoms with E-state index in [-0.39, 0.29) is 6.10 Å². The molecule has 0 amide bonds. The van der Waals surface area contributed by atoms with Crippen LogP contribution < -0.4 is 10.5 Å². The normalized spacial score (nSPS) is 28.1. The summed E-state index contributed by atoms with van der Waals surface area (Å²) >= 11 is 5.98. The first-order valence-corrected chi connectivity index (χ1v) is 6.51. The van der Waals surface area contributed by atoms with Crippen LogP contribution in [0.15, 0.2) is 18.2 Å². The summed E-state index contributed by atoms with van der Waals surface area (Å²) in [4.78, 5) is 2.39. The van der Waals surface area contributed by atoms with Crippen LogP contribution in [0.2, 0.25) is 5.02 Å². The van der Waals surface area contributed by atoms with Crippen molar-refractivity contribution in [2.45, 2.75) is 25.0 Å². The first kappa shape index (κ1) is 11.3. The highest BCUT2D eigenvalue weighted by atomic mass is 35.5. The minimum atomic E-state index is 0.258. The van der Waals surface area contributed by atoms with E-state index in [2.05, 4.69) is 4.90 Å². The van der Waals surface area contributed by atoms with Crippen molar-refractivity contribution >= 4 is 11.6 Å². The fraction of sp³-hybridized carbons (Fsp3) is 0.538. The second kappa shape index (κ2) is 4.48. The molecule has 2 aliphatic rings. The molecule has 0 spiro atoms. The average Bonchev–Trinajstić information content (AvgIpc) is 2.84. The predicted octanol–water partition coefficient (Wildman–Crippen LogP) is 1.68. The van der Waals surface area contributed by atoms with E-state index in [1.54, 1.807) is 0 Å². The Morgan fingerprint density at radius 1 is 1.47 bits per heavy atom. The standard InChI is InChI=1S/C13H17ClN2O/c14-10-1-2-13-9(5-10)6-12(17-13)8-16-4-3-11(15)7-16/h1-2,5,11-12H,3-4,6-8,15H2/t11-,12?/m0/s1. The average molecular weight is 253 g/mol. The number of likely N-dealkylation sites (tertiary alicyclic amines) is 1. The van der Waals surface area contributed by atoms with Gasteiger partial charge in [0.05, 0.1) is 0 Å². The Kier molecular flexibility index (Phi) is 2.99. The maximum atomic E-state index is 5.98. The molecule has 0 saturated carbocycles. The third kappa shape index (κ3) is 2.41. The molecule has 3 rings (SSSR count). The van der Waals surface area contributed by atoms with Crippen LogP contribution in [0.4, 0.5) is 0 Å². The molecule has 0 aromatic heterocycles. The zero-order chi connectivity index (χ0) is 11.8. The monoisotopic (exact) mass is 252 g/mol. The molecule has 1 aromatic rings. The van der Waals surface area contributed by atoms with Gasteiger partial charge in [-0.1, -0.05) is 11.6 Å². The SMILES string of the molecule is N[C@H]1CCN(CC2Cc3cc(Cl)ccc3O2)C1. The number of ether oxygens (including phenoxy) is 1. The summed E-state index contributed by atoms with van der Waals surface area (Å²) in [6, 6.07) is 6.20. The number of halogens is 1.